The third-order valence-corrected chi connectivity index (χ3v) is 3.81. The highest BCUT2D eigenvalue weighted by Crippen LogP contribution is 2.17. The summed E-state index contributed by atoms with van der Waals surface area (Å²) >= 11 is 0. The molecule has 0 atom stereocenters. The van der Waals surface area contributed by atoms with Crippen LogP contribution in [0.1, 0.15) is 44.2 Å². The molecule has 0 unspecified atom stereocenters. The number of aromatic nitrogens is 2. The molecule has 2 N–H and O–H groups in total. The molecule has 6 nitrogen and oxygen atoms in total. The molecule has 6 heteroatoms. The first-order valence-corrected chi connectivity index (χ1v) is 7.14. The van der Waals surface area contributed by atoms with Crippen LogP contribution in [-0.2, 0) is 16.6 Å². The number of anilines is 1. The molecule has 0 aromatic carbocycles. The van der Waals surface area contributed by atoms with Crippen LogP contribution in [0.2, 0.25) is 0 Å². The Kier molecular flexibility index (Phi) is 4.76. The summed E-state index contributed by atoms with van der Waals surface area (Å²) in [6.45, 7) is 1.88. The van der Waals surface area contributed by atoms with Gasteiger partial charge >= 0.3 is 0 Å². The molecule has 1 heterocycles. The molecule has 0 spiro atoms. The number of rotatable bonds is 5. The molecule has 0 bridgehead atoms. The predicted octanol–water partition coefficient (Wildman–Crippen LogP) is 1.51. The van der Waals surface area contributed by atoms with Gasteiger partial charge in [0.15, 0.2) is 0 Å². The van der Waals surface area contributed by atoms with Gasteiger partial charge in [-0.2, -0.15) is 5.10 Å². The molecular weight excluding hydrogens is 256 g/mol. The van der Waals surface area contributed by atoms with Crippen LogP contribution in [0.15, 0.2) is 6.20 Å². The second-order valence-electron chi connectivity index (χ2n) is 5.36. The van der Waals surface area contributed by atoms with Crippen molar-refractivity contribution in [3.05, 3.63) is 11.9 Å². The standard InChI is InChI=1S/C14H22N4O2/c1-10-12(9-15-18(10)2)17-14(20)8-7-13(19)16-11-5-3-4-6-11/h9,11H,3-8H2,1-2H3,(H,16,19)(H,17,20). The Labute approximate surface area is 118 Å². The summed E-state index contributed by atoms with van der Waals surface area (Å²) in [5.41, 5.74) is 1.60. The Morgan fingerprint density at radius 1 is 1.30 bits per heavy atom. The molecule has 0 aliphatic heterocycles. The lowest BCUT2D eigenvalue weighted by molar-refractivity contribution is -0.124. The van der Waals surface area contributed by atoms with Crippen molar-refractivity contribution < 1.29 is 9.59 Å². The number of aryl methyl sites for hydroxylation is 1. The van der Waals surface area contributed by atoms with Gasteiger partial charge in [-0.3, -0.25) is 14.3 Å². The largest absolute Gasteiger partial charge is 0.353 e. The van der Waals surface area contributed by atoms with E-state index in [1.165, 1.54) is 12.8 Å². The maximum absolute atomic E-state index is 11.8. The van der Waals surface area contributed by atoms with Crippen molar-refractivity contribution in [1.29, 1.82) is 0 Å². The second kappa shape index (κ2) is 6.54. The van der Waals surface area contributed by atoms with E-state index < -0.39 is 0 Å². The Morgan fingerprint density at radius 3 is 2.55 bits per heavy atom. The molecule has 0 radical (unpaired) electrons. The van der Waals surface area contributed by atoms with E-state index in [0.717, 1.165) is 18.5 Å². The fraction of sp³-hybridized carbons (Fsp3) is 0.643. The van der Waals surface area contributed by atoms with Gasteiger partial charge in [0.25, 0.3) is 0 Å². The number of hydrogen-bond acceptors (Lipinski definition) is 3. The minimum absolute atomic E-state index is 0.0324. The van der Waals surface area contributed by atoms with E-state index in [9.17, 15) is 9.59 Å². The van der Waals surface area contributed by atoms with Crippen molar-refractivity contribution in [2.24, 2.45) is 7.05 Å². The van der Waals surface area contributed by atoms with Crippen LogP contribution in [0.5, 0.6) is 0 Å². The number of hydrogen-bond donors (Lipinski definition) is 2. The summed E-state index contributed by atoms with van der Waals surface area (Å²) in [6, 6.07) is 0.311. The molecule has 110 valence electrons. The van der Waals surface area contributed by atoms with Gasteiger partial charge in [-0.25, -0.2) is 0 Å². The smallest absolute Gasteiger partial charge is 0.224 e. The molecule has 1 aromatic rings. The summed E-state index contributed by atoms with van der Waals surface area (Å²) in [5.74, 6) is -0.183. The van der Waals surface area contributed by atoms with Crippen LogP contribution in [0, 0.1) is 6.92 Å². The average molecular weight is 278 g/mol. The highest BCUT2D eigenvalue weighted by molar-refractivity contribution is 5.93. The zero-order valence-electron chi connectivity index (χ0n) is 12.1. The van der Waals surface area contributed by atoms with Crippen LogP contribution in [-0.4, -0.2) is 27.6 Å². The highest BCUT2D eigenvalue weighted by Gasteiger charge is 2.17. The van der Waals surface area contributed by atoms with Crippen LogP contribution in [0.25, 0.3) is 0 Å². The van der Waals surface area contributed by atoms with Crippen LogP contribution in [0.4, 0.5) is 5.69 Å². The summed E-state index contributed by atoms with van der Waals surface area (Å²) in [5, 5.41) is 9.81. The van der Waals surface area contributed by atoms with Gasteiger partial charge in [-0.1, -0.05) is 12.8 Å². The van der Waals surface area contributed by atoms with Gasteiger partial charge in [0.1, 0.15) is 0 Å². The van der Waals surface area contributed by atoms with E-state index in [4.69, 9.17) is 0 Å². The molecule has 2 rings (SSSR count). The molecule has 20 heavy (non-hydrogen) atoms. The lowest BCUT2D eigenvalue weighted by atomic mass is 10.2. The second-order valence-corrected chi connectivity index (χ2v) is 5.36. The van der Waals surface area contributed by atoms with Crippen molar-refractivity contribution in [3.63, 3.8) is 0 Å². The van der Waals surface area contributed by atoms with Gasteiger partial charge in [-0.05, 0) is 19.8 Å². The van der Waals surface area contributed by atoms with Crippen molar-refractivity contribution in [1.82, 2.24) is 15.1 Å². The molecule has 1 aromatic heterocycles. The molecule has 1 aliphatic carbocycles. The van der Waals surface area contributed by atoms with Gasteiger partial charge in [0, 0.05) is 25.9 Å². The van der Waals surface area contributed by atoms with Crippen molar-refractivity contribution in [3.8, 4) is 0 Å². The molecule has 1 fully saturated rings. The molecule has 1 saturated carbocycles. The molecule has 0 saturated heterocycles. The maximum atomic E-state index is 11.8. The summed E-state index contributed by atoms with van der Waals surface area (Å²) in [7, 11) is 1.82. The highest BCUT2D eigenvalue weighted by atomic mass is 16.2. The minimum Gasteiger partial charge on any atom is -0.353 e. The van der Waals surface area contributed by atoms with Gasteiger partial charge < -0.3 is 10.6 Å². The van der Waals surface area contributed by atoms with Crippen molar-refractivity contribution in [2.45, 2.75) is 51.5 Å². The van der Waals surface area contributed by atoms with E-state index >= 15 is 0 Å². The van der Waals surface area contributed by atoms with E-state index in [2.05, 4.69) is 15.7 Å². The Balaban J connectivity index is 1.71. The van der Waals surface area contributed by atoms with Crippen molar-refractivity contribution >= 4 is 17.5 Å². The third-order valence-electron chi connectivity index (χ3n) is 3.81. The number of amides is 2. The normalized spacial score (nSPS) is 15.3. The number of carbonyl (C=O) groups excluding carboxylic acids is 2. The van der Waals surface area contributed by atoms with E-state index in [1.807, 2.05) is 14.0 Å². The average Bonchev–Trinajstić information content (AvgIpc) is 3.02. The van der Waals surface area contributed by atoms with E-state index in [0.29, 0.717) is 11.7 Å². The first-order valence-electron chi connectivity index (χ1n) is 7.14. The number of nitrogens with zero attached hydrogens (tertiary/aromatic N) is 2. The summed E-state index contributed by atoms with van der Waals surface area (Å²) in [4.78, 5) is 23.5. The van der Waals surface area contributed by atoms with Gasteiger partial charge in [0.2, 0.25) is 11.8 Å². The Morgan fingerprint density at radius 2 is 1.95 bits per heavy atom. The monoisotopic (exact) mass is 278 g/mol. The van der Waals surface area contributed by atoms with Crippen LogP contribution in [0.3, 0.4) is 0 Å². The van der Waals surface area contributed by atoms with Gasteiger partial charge in [-0.15, -0.1) is 0 Å². The first-order chi connectivity index (χ1) is 9.56. The predicted molar refractivity (Wildman–Crippen MR) is 76.2 cm³/mol. The lowest BCUT2D eigenvalue weighted by Crippen LogP contribution is -2.33. The quantitative estimate of drug-likeness (QED) is 0.857. The Bertz CT molecular complexity index is 489. The summed E-state index contributed by atoms with van der Waals surface area (Å²) in [6.07, 6.45) is 6.55. The van der Waals surface area contributed by atoms with Crippen LogP contribution >= 0.6 is 0 Å². The first kappa shape index (κ1) is 14.6. The number of carbonyl (C=O) groups is 2. The molecule has 1 aliphatic rings. The maximum Gasteiger partial charge on any atom is 0.224 e. The van der Waals surface area contributed by atoms with Gasteiger partial charge in [0.05, 0.1) is 17.6 Å². The Hall–Kier alpha value is -1.85. The molecular formula is C14H22N4O2. The summed E-state index contributed by atoms with van der Waals surface area (Å²) < 4.78 is 1.70. The minimum atomic E-state index is -0.150. The molecule has 2 amide bonds. The van der Waals surface area contributed by atoms with E-state index in [1.54, 1.807) is 10.9 Å². The van der Waals surface area contributed by atoms with Crippen molar-refractivity contribution in [2.75, 3.05) is 5.32 Å². The lowest BCUT2D eigenvalue weighted by Gasteiger charge is -2.11. The van der Waals surface area contributed by atoms with E-state index in [-0.39, 0.29) is 24.7 Å². The fourth-order valence-corrected chi connectivity index (χ4v) is 2.43. The van der Waals surface area contributed by atoms with Crippen LogP contribution < -0.4 is 10.6 Å². The third kappa shape index (κ3) is 3.82. The zero-order chi connectivity index (χ0) is 14.5. The SMILES string of the molecule is Cc1c(NC(=O)CCC(=O)NC2CCCC2)cnn1C. The topological polar surface area (TPSA) is 76.0 Å². The number of nitrogens with one attached hydrogen (secondary N) is 2. The fourth-order valence-electron chi connectivity index (χ4n) is 2.43. The zero-order valence-corrected chi connectivity index (χ0v) is 12.1.